The van der Waals surface area contributed by atoms with Crippen molar-refractivity contribution in [2.75, 3.05) is 6.54 Å². The smallest absolute Gasteiger partial charge is 0.115 e. The van der Waals surface area contributed by atoms with Gasteiger partial charge in [-0.15, -0.1) is 0 Å². The summed E-state index contributed by atoms with van der Waals surface area (Å²) >= 11 is 0. The van der Waals surface area contributed by atoms with Gasteiger partial charge < -0.3 is 10.4 Å². The van der Waals surface area contributed by atoms with Gasteiger partial charge in [-0.3, -0.25) is 0 Å². The van der Waals surface area contributed by atoms with Gasteiger partial charge in [-0.05, 0) is 48.4 Å². The van der Waals surface area contributed by atoms with E-state index in [1.165, 1.54) is 12.0 Å². The van der Waals surface area contributed by atoms with Crippen LogP contribution in [0.1, 0.15) is 45.2 Å². The number of phenolic OH excluding ortho intramolecular Hbond substituents is 1. The Morgan fingerprint density at radius 2 is 1.94 bits per heavy atom. The predicted molar refractivity (Wildman–Crippen MR) is 71.0 cm³/mol. The molecular formula is C15H23NO. The third-order valence-electron chi connectivity index (χ3n) is 4.03. The molecule has 1 aromatic carbocycles. The summed E-state index contributed by atoms with van der Waals surface area (Å²) in [4.78, 5) is 0. The molecule has 0 heterocycles. The Morgan fingerprint density at radius 3 is 2.41 bits per heavy atom. The van der Waals surface area contributed by atoms with Crippen molar-refractivity contribution in [1.82, 2.24) is 5.32 Å². The summed E-state index contributed by atoms with van der Waals surface area (Å²) in [5.41, 5.74) is 1.81. The Morgan fingerprint density at radius 1 is 1.35 bits per heavy atom. The van der Waals surface area contributed by atoms with Gasteiger partial charge in [0.25, 0.3) is 0 Å². The molecule has 1 saturated carbocycles. The first-order valence-electron chi connectivity index (χ1n) is 6.55. The molecule has 1 aromatic rings. The summed E-state index contributed by atoms with van der Waals surface area (Å²) in [6.45, 7) is 7.97. The fourth-order valence-corrected chi connectivity index (χ4v) is 2.41. The molecule has 0 aromatic heterocycles. The molecule has 2 N–H and O–H groups in total. The molecule has 2 atom stereocenters. The molecule has 1 aliphatic carbocycles. The van der Waals surface area contributed by atoms with Gasteiger partial charge in [0.05, 0.1) is 0 Å². The van der Waals surface area contributed by atoms with Crippen LogP contribution in [0.2, 0.25) is 0 Å². The topological polar surface area (TPSA) is 32.3 Å². The molecule has 0 spiro atoms. The van der Waals surface area contributed by atoms with Crippen molar-refractivity contribution in [2.45, 2.75) is 39.7 Å². The van der Waals surface area contributed by atoms with E-state index in [9.17, 15) is 5.11 Å². The summed E-state index contributed by atoms with van der Waals surface area (Å²) in [5.74, 6) is 1.17. The Hall–Kier alpha value is -1.02. The van der Waals surface area contributed by atoms with Crippen LogP contribution in [-0.4, -0.2) is 11.7 Å². The first-order chi connectivity index (χ1) is 8.03. The lowest BCUT2D eigenvalue weighted by molar-refractivity contribution is 0.457. The molecule has 17 heavy (non-hydrogen) atoms. The van der Waals surface area contributed by atoms with Crippen molar-refractivity contribution in [2.24, 2.45) is 11.3 Å². The Bertz CT molecular complexity index is 369. The number of rotatable bonds is 5. The summed E-state index contributed by atoms with van der Waals surface area (Å²) < 4.78 is 0. The normalized spacial score (nSPS) is 23.4. The average molecular weight is 233 g/mol. The summed E-state index contributed by atoms with van der Waals surface area (Å²) in [6.07, 6.45) is 2.42. The fourth-order valence-electron chi connectivity index (χ4n) is 2.41. The Balaban J connectivity index is 1.90. The van der Waals surface area contributed by atoms with Gasteiger partial charge in [-0.1, -0.05) is 32.9 Å². The first kappa shape index (κ1) is 12.4. The molecule has 94 valence electrons. The zero-order valence-electron chi connectivity index (χ0n) is 11.0. The van der Waals surface area contributed by atoms with E-state index in [0.717, 1.165) is 18.9 Å². The van der Waals surface area contributed by atoms with E-state index < -0.39 is 0 Å². The van der Waals surface area contributed by atoms with Gasteiger partial charge in [0, 0.05) is 6.04 Å². The van der Waals surface area contributed by atoms with Crippen LogP contribution in [0.4, 0.5) is 0 Å². The second kappa shape index (κ2) is 4.69. The fraction of sp³-hybridized carbons (Fsp3) is 0.600. The zero-order chi connectivity index (χ0) is 12.5. The number of phenols is 1. The van der Waals surface area contributed by atoms with E-state index in [1.807, 2.05) is 12.1 Å². The van der Waals surface area contributed by atoms with E-state index in [1.54, 1.807) is 12.1 Å². The molecule has 0 radical (unpaired) electrons. The molecule has 0 saturated heterocycles. The lowest BCUT2D eigenvalue weighted by Gasteiger charge is -2.18. The van der Waals surface area contributed by atoms with E-state index in [4.69, 9.17) is 0 Å². The van der Waals surface area contributed by atoms with Gasteiger partial charge in [0.1, 0.15) is 5.75 Å². The maximum atomic E-state index is 9.29. The molecule has 2 nitrogen and oxygen atoms in total. The number of hydrogen-bond acceptors (Lipinski definition) is 2. The molecular weight excluding hydrogens is 210 g/mol. The Kier molecular flexibility index (Phi) is 3.43. The second-order valence-electron chi connectivity index (χ2n) is 5.85. The third kappa shape index (κ3) is 3.01. The Labute approximate surface area is 104 Å². The summed E-state index contributed by atoms with van der Waals surface area (Å²) in [6, 6.07) is 7.96. The highest BCUT2D eigenvalue weighted by molar-refractivity contribution is 5.28. The standard InChI is InChI=1S/C15H23NO/c1-4-14(11-5-7-13(17)8-6-11)16-10-12-9-15(12,2)3/h5-8,12,14,16-17H,4,9-10H2,1-3H3. The number of nitrogens with one attached hydrogen (secondary N) is 1. The van der Waals surface area contributed by atoms with Crippen molar-refractivity contribution >= 4 is 0 Å². The molecule has 2 heteroatoms. The third-order valence-corrected chi connectivity index (χ3v) is 4.03. The minimum absolute atomic E-state index is 0.340. The molecule has 1 fully saturated rings. The van der Waals surface area contributed by atoms with Gasteiger partial charge in [0.2, 0.25) is 0 Å². The van der Waals surface area contributed by atoms with Gasteiger partial charge in [-0.25, -0.2) is 0 Å². The van der Waals surface area contributed by atoms with Gasteiger partial charge in [0.15, 0.2) is 0 Å². The van der Waals surface area contributed by atoms with Crippen molar-refractivity contribution < 1.29 is 5.11 Å². The van der Waals surface area contributed by atoms with Gasteiger partial charge in [-0.2, -0.15) is 0 Å². The lowest BCUT2D eigenvalue weighted by atomic mass is 10.0. The highest BCUT2D eigenvalue weighted by Crippen LogP contribution is 2.51. The van der Waals surface area contributed by atoms with Crippen LogP contribution < -0.4 is 5.32 Å². The number of hydrogen-bond donors (Lipinski definition) is 2. The first-order valence-corrected chi connectivity index (χ1v) is 6.55. The summed E-state index contributed by atoms with van der Waals surface area (Å²) in [5, 5.41) is 12.9. The van der Waals surface area contributed by atoms with Crippen molar-refractivity contribution in [3.05, 3.63) is 29.8 Å². The quantitative estimate of drug-likeness (QED) is 0.816. The predicted octanol–water partition coefficient (Wildman–Crippen LogP) is 3.48. The maximum absolute atomic E-state index is 9.29. The van der Waals surface area contributed by atoms with Crippen LogP contribution >= 0.6 is 0 Å². The second-order valence-corrected chi connectivity index (χ2v) is 5.85. The monoisotopic (exact) mass is 233 g/mol. The molecule has 2 rings (SSSR count). The molecule has 2 unspecified atom stereocenters. The summed E-state index contributed by atoms with van der Waals surface area (Å²) in [7, 11) is 0. The van der Waals surface area contributed by atoms with Crippen LogP contribution in [0, 0.1) is 11.3 Å². The highest BCUT2D eigenvalue weighted by Gasteiger charge is 2.44. The van der Waals surface area contributed by atoms with Crippen LogP contribution in [-0.2, 0) is 0 Å². The zero-order valence-corrected chi connectivity index (χ0v) is 11.0. The minimum atomic E-state index is 0.340. The minimum Gasteiger partial charge on any atom is -0.508 e. The molecule has 1 aliphatic rings. The highest BCUT2D eigenvalue weighted by atomic mass is 16.3. The van der Waals surface area contributed by atoms with Crippen LogP contribution in [0.3, 0.4) is 0 Å². The average Bonchev–Trinajstić information content (AvgIpc) is 2.90. The van der Waals surface area contributed by atoms with Crippen molar-refractivity contribution in [3.8, 4) is 5.75 Å². The van der Waals surface area contributed by atoms with E-state index in [2.05, 4.69) is 26.1 Å². The lowest BCUT2D eigenvalue weighted by Crippen LogP contribution is -2.24. The van der Waals surface area contributed by atoms with Crippen LogP contribution in [0.25, 0.3) is 0 Å². The van der Waals surface area contributed by atoms with Crippen LogP contribution in [0.15, 0.2) is 24.3 Å². The van der Waals surface area contributed by atoms with Crippen molar-refractivity contribution in [1.29, 1.82) is 0 Å². The largest absolute Gasteiger partial charge is 0.508 e. The maximum Gasteiger partial charge on any atom is 0.115 e. The molecule has 0 aliphatic heterocycles. The molecule has 0 bridgehead atoms. The number of benzene rings is 1. The van der Waals surface area contributed by atoms with Crippen molar-refractivity contribution in [3.63, 3.8) is 0 Å². The SMILES string of the molecule is CCC(NCC1CC1(C)C)c1ccc(O)cc1. The van der Waals surface area contributed by atoms with Gasteiger partial charge >= 0.3 is 0 Å². The van der Waals surface area contributed by atoms with E-state index >= 15 is 0 Å². The van der Waals surface area contributed by atoms with E-state index in [-0.39, 0.29) is 0 Å². The number of aromatic hydroxyl groups is 1. The van der Waals surface area contributed by atoms with Crippen LogP contribution in [0.5, 0.6) is 5.75 Å². The van der Waals surface area contributed by atoms with E-state index in [0.29, 0.717) is 17.2 Å². The molecule has 0 amide bonds.